The minimum absolute atomic E-state index is 0.0324. The van der Waals surface area contributed by atoms with Crippen LogP contribution in [-0.4, -0.2) is 0 Å². The van der Waals surface area contributed by atoms with Crippen LogP contribution in [0.1, 0.15) is 17.2 Å². The molecule has 1 aliphatic rings. The van der Waals surface area contributed by atoms with Gasteiger partial charge in [-0.15, -0.1) is 0 Å². The second-order valence-corrected chi connectivity index (χ2v) is 3.68. The lowest BCUT2D eigenvalue weighted by Gasteiger charge is -2.10. The molecule has 0 amide bonds. The Morgan fingerprint density at radius 1 is 1.46 bits per heavy atom. The summed E-state index contributed by atoms with van der Waals surface area (Å²) in [5.74, 6) is 0. The van der Waals surface area contributed by atoms with Gasteiger partial charge >= 0.3 is 0 Å². The lowest BCUT2D eigenvalue weighted by atomic mass is 10.1. The normalized spacial score (nSPS) is 18.4. The van der Waals surface area contributed by atoms with Gasteiger partial charge in [-0.1, -0.05) is 40.7 Å². The van der Waals surface area contributed by atoms with E-state index in [4.69, 9.17) is 4.74 Å². The fourth-order valence-electron chi connectivity index (χ4n) is 1.49. The fraction of sp³-hybridized carbons (Fsp3) is 0.0909. The number of rotatable bonds is 2. The zero-order valence-electron chi connectivity index (χ0n) is 7.03. The van der Waals surface area contributed by atoms with Crippen LogP contribution in [0, 0.1) is 0 Å². The molecule has 2 rings (SSSR count). The van der Waals surface area contributed by atoms with Gasteiger partial charge in [0.05, 0.1) is 6.26 Å². The molecule has 0 heterocycles. The van der Waals surface area contributed by atoms with Crippen molar-refractivity contribution in [2.45, 2.75) is 6.10 Å². The Balaban J connectivity index is 2.42. The lowest BCUT2D eigenvalue weighted by molar-refractivity contribution is 0.194. The molecule has 0 fully saturated rings. The molecule has 1 aliphatic carbocycles. The standard InChI is InChI=1S/C11H9BrO/c1-2-13-11-7-6-8-9(11)4-3-5-10(8)12/h2-7,11H,1H2. The van der Waals surface area contributed by atoms with E-state index in [1.54, 1.807) is 0 Å². The summed E-state index contributed by atoms with van der Waals surface area (Å²) in [4.78, 5) is 0. The molecule has 1 atom stereocenters. The molecular weight excluding hydrogens is 228 g/mol. The highest BCUT2D eigenvalue weighted by Gasteiger charge is 2.18. The van der Waals surface area contributed by atoms with Gasteiger partial charge in [-0.2, -0.15) is 0 Å². The van der Waals surface area contributed by atoms with Crippen molar-refractivity contribution < 1.29 is 4.74 Å². The molecule has 13 heavy (non-hydrogen) atoms. The molecule has 0 bridgehead atoms. The van der Waals surface area contributed by atoms with Gasteiger partial charge in [-0.25, -0.2) is 0 Å². The first-order valence-corrected chi connectivity index (χ1v) is 4.85. The van der Waals surface area contributed by atoms with E-state index in [0.717, 1.165) is 4.47 Å². The van der Waals surface area contributed by atoms with Crippen LogP contribution in [0.4, 0.5) is 0 Å². The van der Waals surface area contributed by atoms with E-state index in [2.05, 4.69) is 34.7 Å². The smallest absolute Gasteiger partial charge is 0.142 e. The number of fused-ring (bicyclic) bond motifs is 1. The number of hydrogen-bond donors (Lipinski definition) is 0. The Morgan fingerprint density at radius 2 is 2.31 bits per heavy atom. The van der Waals surface area contributed by atoms with E-state index in [9.17, 15) is 0 Å². The van der Waals surface area contributed by atoms with Crippen molar-refractivity contribution in [3.63, 3.8) is 0 Å². The number of halogens is 1. The van der Waals surface area contributed by atoms with Crippen LogP contribution in [0.15, 0.2) is 41.6 Å². The average Bonchev–Trinajstić information content (AvgIpc) is 2.51. The summed E-state index contributed by atoms with van der Waals surface area (Å²) in [6, 6.07) is 6.10. The molecule has 0 spiro atoms. The molecule has 0 aromatic heterocycles. The van der Waals surface area contributed by atoms with E-state index in [1.807, 2.05) is 18.2 Å². The van der Waals surface area contributed by atoms with Crippen LogP contribution in [-0.2, 0) is 4.74 Å². The fourth-order valence-corrected chi connectivity index (χ4v) is 2.00. The molecule has 2 heteroatoms. The van der Waals surface area contributed by atoms with E-state index in [-0.39, 0.29) is 6.10 Å². The highest BCUT2D eigenvalue weighted by molar-refractivity contribution is 9.10. The summed E-state index contributed by atoms with van der Waals surface area (Å²) >= 11 is 3.49. The van der Waals surface area contributed by atoms with Crippen molar-refractivity contribution in [2.75, 3.05) is 0 Å². The zero-order valence-corrected chi connectivity index (χ0v) is 8.62. The molecule has 0 saturated heterocycles. The Bertz CT molecular complexity index is 368. The number of benzene rings is 1. The Morgan fingerprint density at radius 3 is 3.08 bits per heavy atom. The molecule has 1 nitrogen and oxygen atoms in total. The van der Waals surface area contributed by atoms with Gasteiger partial charge in [-0.05, 0) is 17.7 Å². The van der Waals surface area contributed by atoms with Gasteiger partial charge in [0.2, 0.25) is 0 Å². The Kier molecular flexibility index (Phi) is 2.23. The third kappa shape index (κ3) is 1.42. The monoisotopic (exact) mass is 236 g/mol. The molecular formula is C11H9BrO. The highest BCUT2D eigenvalue weighted by atomic mass is 79.9. The minimum Gasteiger partial charge on any atom is -0.490 e. The minimum atomic E-state index is 0.0324. The van der Waals surface area contributed by atoms with Crippen LogP contribution in [0.25, 0.3) is 6.08 Å². The first-order chi connectivity index (χ1) is 6.33. The largest absolute Gasteiger partial charge is 0.490 e. The van der Waals surface area contributed by atoms with Crippen molar-refractivity contribution in [1.82, 2.24) is 0 Å². The first kappa shape index (κ1) is 8.57. The number of ether oxygens (including phenoxy) is 1. The van der Waals surface area contributed by atoms with Crippen molar-refractivity contribution in [3.8, 4) is 0 Å². The summed E-state index contributed by atoms with van der Waals surface area (Å²) < 4.78 is 6.45. The van der Waals surface area contributed by atoms with Crippen molar-refractivity contribution in [2.24, 2.45) is 0 Å². The van der Waals surface area contributed by atoms with Gasteiger partial charge in [0.1, 0.15) is 6.10 Å². The molecule has 0 saturated carbocycles. The first-order valence-electron chi connectivity index (χ1n) is 4.06. The summed E-state index contributed by atoms with van der Waals surface area (Å²) in [6.45, 7) is 3.55. The quantitative estimate of drug-likeness (QED) is 0.713. The maximum absolute atomic E-state index is 5.34. The molecule has 0 radical (unpaired) electrons. The molecule has 1 aromatic carbocycles. The van der Waals surface area contributed by atoms with Crippen molar-refractivity contribution >= 4 is 22.0 Å². The van der Waals surface area contributed by atoms with Gasteiger partial charge in [0.15, 0.2) is 0 Å². The lowest BCUT2D eigenvalue weighted by Crippen LogP contribution is -1.94. The van der Waals surface area contributed by atoms with Crippen molar-refractivity contribution in [1.29, 1.82) is 0 Å². The van der Waals surface area contributed by atoms with Crippen LogP contribution in [0.3, 0.4) is 0 Å². The molecule has 1 unspecified atom stereocenters. The van der Waals surface area contributed by atoms with Gasteiger partial charge in [-0.3, -0.25) is 0 Å². The maximum Gasteiger partial charge on any atom is 0.142 e. The van der Waals surface area contributed by atoms with Crippen LogP contribution < -0.4 is 0 Å². The average molecular weight is 237 g/mol. The third-order valence-electron chi connectivity index (χ3n) is 2.07. The van der Waals surface area contributed by atoms with E-state index >= 15 is 0 Å². The third-order valence-corrected chi connectivity index (χ3v) is 2.77. The van der Waals surface area contributed by atoms with Crippen LogP contribution in [0.2, 0.25) is 0 Å². The summed E-state index contributed by atoms with van der Waals surface area (Å²) in [6.07, 6.45) is 5.60. The predicted octanol–water partition coefficient (Wildman–Crippen LogP) is 3.68. The second-order valence-electron chi connectivity index (χ2n) is 2.83. The van der Waals surface area contributed by atoms with E-state index in [0.29, 0.717) is 0 Å². The SMILES string of the molecule is C=COC1C=Cc2c(Br)cccc21. The highest BCUT2D eigenvalue weighted by Crippen LogP contribution is 2.35. The molecule has 1 aromatic rings. The topological polar surface area (TPSA) is 9.23 Å². The summed E-state index contributed by atoms with van der Waals surface area (Å²) in [5, 5.41) is 0. The molecule has 0 N–H and O–H groups in total. The van der Waals surface area contributed by atoms with Gasteiger partial charge < -0.3 is 4.74 Å². The van der Waals surface area contributed by atoms with Crippen LogP contribution in [0.5, 0.6) is 0 Å². The van der Waals surface area contributed by atoms with Crippen LogP contribution >= 0.6 is 15.9 Å². The Labute approximate surface area is 85.9 Å². The summed E-state index contributed by atoms with van der Waals surface area (Å²) in [5.41, 5.74) is 2.39. The molecule has 66 valence electrons. The van der Waals surface area contributed by atoms with Crippen molar-refractivity contribution in [3.05, 3.63) is 52.7 Å². The molecule has 0 aliphatic heterocycles. The number of hydrogen-bond acceptors (Lipinski definition) is 1. The van der Waals surface area contributed by atoms with Gasteiger partial charge in [0.25, 0.3) is 0 Å². The maximum atomic E-state index is 5.34. The summed E-state index contributed by atoms with van der Waals surface area (Å²) in [7, 11) is 0. The van der Waals surface area contributed by atoms with E-state index in [1.165, 1.54) is 17.4 Å². The predicted molar refractivity (Wildman–Crippen MR) is 57.2 cm³/mol. The van der Waals surface area contributed by atoms with Gasteiger partial charge in [0, 0.05) is 10.0 Å². The Hall–Kier alpha value is -1.02. The van der Waals surface area contributed by atoms with E-state index < -0.39 is 0 Å². The zero-order chi connectivity index (χ0) is 9.26. The second kappa shape index (κ2) is 3.38.